The van der Waals surface area contributed by atoms with E-state index in [4.69, 9.17) is 11.6 Å². The molecular weight excluding hydrogens is 392 g/mol. The molecule has 146 valence electrons. The Hall–Kier alpha value is -0.760. The summed E-state index contributed by atoms with van der Waals surface area (Å²) in [5.74, 6) is 0.482. The van der Waals surface area contributed by atoms with Crippen molar-refractivity contribution >= 4 is 39.3 Å². The summed E-state index contributed by atoms with van der Waals surface area (Å²) < 4.78 is 27.1. The average molecular weight is 419 g/mol. The first kappa shape index (κ1) is 21.5. The van der Waals surface area contributed by atoms with E-state index in [9.17, 15) is 13.2 Å². The molecule has 1 N–H and O–H groups in total. The van der Waals surface area contributed by atoms with Gasteiger partial charge in [0.05, 0.1) is 10.8 Å². The first-order valence-corrected chi connectivity index (χ1v) is 11.6. The predicted octanol–water partition coefficient (Wildman–Crippen LogP) is 3.39. The topological polar surface area (TPSA) is 66.5 Å². The number of halogens is 1. The fourth-order valence-electron chi connectivity index (χ4n) is 2.81. The maximum absolute atomic E-state index is 12.8. The fourth-order valence-corrected chi connectivity index (χ4v) is 5.27. The van der Waals surface area contributed by atoms with Crippen molar-refractivity contribution in [3.05, 3.63) is 29.3 Å². The molecule has 0 saturated carbocycles. The van der Waals surface area contributed by atoms with Gasteiger partial charge in [-0.1, -0.05) is 32.4 Å². The van der Waals surface area contributed by atoms with Crippen molar-refractivity contribution < 1.29 is 13.2 Å². The zero-order valence-electron chi connectivity index (χ0n) is 15.5. The summed E-state index contributed by atoms with van der Waals surface area (Å²) in [7, 11) is -3.60. The molecule has 0 aromatic heterocycles. The number of thioether (sulfide) groups is 1. The average Bonchev–Trinajstić information content (AvgIpc) is 2.58. The van der Waals surface area contributed by atoms with Crippen molar-refractivity contribution in [1.29, 1.82) is 0 Å². The van der Waals surface area contributed by atoms with E-state index in [0.29, 0.717) is 31.0 Å². The maximum atomic E-state index is 12.8. The first-order valence-electron chi connectivity index (χ1n) is 8.77. The number of carbonyl (C=O) groups excluding carboxylic acids is 1. The van der Waals surface area contributed by atoms with Crippen LogP contribution in [0.4, 0.5) is 0 Å². The number of hydrogen-bond acceptors (Lipinski definition) is 4. The first-order chi connectivity index (χ1) is 12.1. The van der Waals surface area contributed by atoms with Crippen molar-refractivity contribution in [1.82, 2.24) is 9.62 Å². The van der Waals surface area contributed by atoms with E-state index in [1.54, 1.807) is 23.9 Å². The van der Waals surface area contributed by atoms with E-state index in [1.165, 1.54) is 16.4 Å². The number of carbonyl (C=O) groups is 1. The van der Waals surface area contributed by atoms with Crippen LogP contribution in [0.5, 0.6) is 0 Å². The summed E-state index contributed by atoms with van der Waals surface area (Å²) in [4.78, 5) is 12.6. The maximum Gasteiger partial charge on any atom is 0.243 e. The third kappa shape index (κ3) is 6.15. The summed E-state index contributed by atoms with van der Waals surface area (Å²) in [5, 5.41) is 3.44. The molecule has 0 radical (unpaired) electrons. The normalized spacial score (nSPS) is 19.3. The summed E-state index contributed by atoms with van der Waals surface area (Å²) in [6.45, 7) is 7.68. The minimum absolute atomic E-state index is 0.0597. The van der Waals surface area contributed by atoms with Crippen LogP contribution < -0.4 is 5.32 Å². The van der Waals surface area contributed by atoms with Crippen LogP contribution in [-0.2, 0) is 14.8 Å². The van der Waals surface area contributed by atoms with Gasteiger partial charge >= 0.3 is 0 Å². The number of sulfonamides is 1. The Kier molecular flexibility index (Phi) is 7.42. The van der Waals surface area contributed by atoms with Gasteiger partial charge < -0.3 is 5.32 Å². The Labute approximate surface area is 165 Å². The highest BCUT2D eigenvalue weighted by molar-refractivity contribution is 8.00. The Bertz CT molecular complexity index is 715. The van der Waals surface area contributed by atoms with Gasteiger partial charge in [-0.3, -0.25) is 4.79 Å². The molecule has 1 unspecified atom stereocenters. The molecule has 1 atom stereocenters. The SMILES string of the molecule is CC(C)(C)SCCNC(=O)C1CCCN(S(=O)(=O)c2ccc(Cl)cc2)C1. The van der Waals surface area contributed by atoms with Crippen LogP contribution in [0.3, 0.4) is 0 Å². The fraction of sp³-hybridized carbons (Fsp3) is 0.611. The number of hydrogen-bond donors (Lipinski definition) is 1. The number of nitrogens with zero attached hydrogens (tertiary/aromatic N) is 1. The van der Waals surface area contributed by atoms with Gasteiger partial charge in [0.2, 0.25) is 15.9 Å². The quantitative estimate of drug-likeness (QED) is 0.719. The van der Waals surface area contributed by atoms with Gasteiger partial charge in [0, 0.05) is 35.2 Å². The van der Waals surface area contributed by atoms with E-state index in [2.05, 4.69) is 26.1 Å². The van der Waals surface area contributed by atoms with Crippen molar-refractivity contribution in [3.63, 3.8) is 0 Å². The molecule has 5 nitrogen and oxygen atoms in total. The second-order valence-corrected chi connectivity index (χ2v) is 11.7. The van der Waals surface area contributed by atoms with Crippen LogP contribution in [0.25, 0.3) is 0 Å². The minimum Gasteiger partial charge on any atom is -0.355 e. The van der Waals surface area contributed by atoms with Crippen LogP contribution in [0.15, 0.2) is 29.2 Å². The van der Waals surface area contributed by atoms with Crippen LogP contribution in [0.1, 0.15) is 33.6 Å². The minimum atomic E-state index is -3.60. The molecule has 8 heteroatoms. The highest BCUT2D eigenvalue weighted by Gasteiger charge is 2.33. The highest BCUT2D eigenvalue weighted by Crippen LogP contribution is 2.25. The van der Waals surface area contributed by atoms with Crippen molar-refractivity contribution in [3.8, 4) is 0 Å². The molecule has 26 heavy (non-hydrogen) atoms. The van der Waals surface area contributed by atoms with Gasteiger partial charge in [0.25, 0.3) is 0 Å². The van der Waals surface area contributed by atoms with Crippen LogP contribution in [-0.4, -0.2) is 48.8 Å². The highest BCUT2D eigenvalue weighted by atomic mass is 35.5. The molecule has 0 spiro atoms. The van der Waals surface area contributed by atoms with Crippen LogP contribution in [0, 0.1) is 5.92 Å². The zero-order chi connectivity index (χ0) is 19.4. The van der Waals surface area contributed by atoms with Gasteiger partial charge in [-0.25, -0.2) is 8.42 Å². The number of amides is 1. The standard InChI is InChI=1S/C18H27ClN2O3S2/c1-18(2,3)25-12-10-20-17(22)14-5-4-11-21(13-14)26(23,24)16-8-6-15(19)7-9-16/h6-9,14H,4-5,10-13H2,1-3H3,(H,20,22). The second-order valence-electron chi connectivity index (χ2n) is 7.41. The smallest absolute Gasteiger partial charge is 0.243 e. The molecule has 1 saturated heterocycles. The van der Waals surface area contributed by atoms with E-state index in [0.717, 1.165) is 5.75 Å². The molecule has 1 aromatic carbocycles. The lowest BCUT2D eigenvalue weighted by Crippen LogP contribution is -2.45. The largest absolute Gasteiger partial charge is 0.355 e. The Morgan fingerprint density at radius 1 is 1.31 bits per heavy atom. The van der Waals surface area contributed by atoms with Gasteiger partial charge in [0.15, 0.2) is 0 Å². The summed E-state index contributed by atoms with van der Waals surface area (Å²) >= 11 is 7.63. The lowest BCUT2D eigenvalue weighted by atomic mass is 9.99. The molecule has 2 rings (SSSR count). The molecule has 1 aliphatic rings. The van der Waals surface area contributed by atoms with Crippen molar-refractivity contribution in [2.45, 2.75) is 43.3 Å². The van der Waals surface area contributed by atoms with Crippen molar-refractivity contribution in [2.75, 3.05) is 25.4 Å². The number of piperidine rings is 1. The number of rotatable bonds is 6. The summed E-state index contributed by atoms with van der Waals surface area (Å²) in [6, 6.07) is 6.14. The van der Waals surface area contributed by atoms with Crippen LogP contribution in [0.2, 0.25) is 5.02 Å². The number of benzene rings is 1. The summed E-state index contributed by atoms with van der Waals surface area (Å²) in [6.07, 6.45) is 1.40. The van der Waals surface area contributed by atoms with E-state index >= 15 is 0 Å². The van der Waals surface area contributed by atoms with Gasteiger partial charge in [-0.05, 0) is 37.1 Å². The predicted molar refractivity (Wildman–Crippen MR) is 108 cm³/mol. The Morgan fingerprint density at radius 3 is 2.58 bits per heavy atom. The summed E-state index contributed by atoms with van der Waals surface area (Å²) in [5.41, 5.74) is 0. The Morgan fingerprint density at radius 2 is 1.96 bits per heavy atom. The molecule has 1 fully saturated rings. The monoisotopic (exact) mass is 418 g/mol. The van der Waals surface area contributed by atoms with E-state index < -0.39 is 10.0 Å². The Balaban J connectivity index is 1.93. The zero-order valence-corrected chi connectivity index (χ0v) is 17.9. The molecule has 1 heterocycles. The van der Waals surface area contributed by atoms with Gasteiger partial charge in [-0.15, -0.1) is 0 Å². The molecule has 1 aromatic rings. The van der Waals surface area contributed by atoms with Gasteiger partial charge in [0.1, 0.15) is 0 Å². The molecule has 1 amide bonds. The number of nitrogens with one attached hydrogen (secondary N) is 1. The lowest BCUT2D eigenvalue weighted by Gasteiger charge is -2.31. The van der Waals surface area contributed by atoms with Crippen LogP contribution >= 0.6 is 23.4 Å². The molecule has 0 bridgehead atoms. The molecule has 1 aliphatic heterocycles. The lowest BCUT2D eigenvalue weighted by molar-refractivity contribution is -0.125. The molecular formula is C18H27ClN2O3S2. The third-order valence-corrected chi connectivity index (χ3v) is 7.55. The second kappa shape index (κ2) is 8.95. The van der Waals surface area contributed by atoms with Gasteiger partial charge in [-0.2, -0.15) is 16.1 Å². The third-order valence-electron chi connectivity index (χ3n) is 4.14. The van der Waals surface area contributed by atoms with E-state index in [-0.39, 0.29) is 28.0 Å². The van der Waals surface area contributed by atoms with Crippen molar-refractivity contribution in [2.24, 2.45) is 5.92 Å². The van der Waals surface area contributed by atoms with E-state index in [1.807, 2.05) is 0 Å². The molecule has 0 aliphatic carbocycles.